The van der Waals surface area contributed by atoms with Crippen LogP contribution in [0, 0.1) is 11.6 Å². The van der Waals surface area contributed by atoms with Gasteiger partial charge < -0.3 is 19.5 Å². The Morgan fingerprint density at radius 3 is 2.56 bits per heavy atom. The van der Waals surface area contributed by atoms with Crippen molar-refractivity contribution in [2.75, 3.05) is 31.0 Å². The number of anilines is 2. The van der Waals surface area contributed by atoms with E-state index in [0.29, 0.717) is 40.7 Å². The number of fused-ring (bicyclic) bond motifs is 2. The fourth-order valence-corrected chi connectivity index (χ4v) is 4.28. The van der Waals surface area contributed by atoms with E-state index in [0.717, 1.165) is 35.9 Å². The number of hydrogen-bond acceptors (Lipinski definition) is 5. The third kappa shape index (κ3) is 4.47. The van der Waals surface area contributed by atoms with E-state index in [1.807, 2.05) is 12.1 Å². The molecular weight excluding hydrogens is 468 g/mol. The van der Waals surface area contributed by atoms with Crippen molar-refractivity contribution < 1.29 is 27.8 Å². The average Bonchev–Trinajstić information content (AvgIpc) is 2.89. The normalized spacial score (nSPS) is 12.7. The second kappa shape index (κ2) is 9.69. The summed E-state index contributed by atoms with van der Waals surface area (Å²) in [6.45, 7) is 0.471. The Morgan fingerprint density at radius 2 is 1.78 bits per heavy atom. The maximum absolute atomic E-state index is 14.0. The zero-order chi connectivity index (χ0) is 25.2. The Hall–Kier alpha value is -4.40. The summed E-state index contributed by atoms with van der Waals surface area (Å²) in [5.74, 6) is 0.792. The van der Waals surface area contributed by atoms with E-state index in [1.165, 1.54) is 6.07 Å². The van der Waals surface area contributed by atoms with Crippen LogP contribution in [0.3, 0.4) is 0 Å². The molecule has 0 saturated heterocycles. The van der Waals surface area contributed by atoms with E-state index in [4.69, 9.17) is 14.2 Å². The topological polar surface area (TPSA) is 72.9 Å². The van der Waals surface area contributed by atoms with Gasteiger partial charge in [0.25, 0.3) is 0 Å². The number of benzene rings is 3. The van der Waals surface area contributed by atoms with Crippen molar-refractivity contribution in [2.45, 2.75) is 12.8 Å². The zero-order valence-electron chi connectivity index (χ0n) is 19.7. The first-order valence-electron chi connectivity index (χ1n) is 11.3. The number of halogens is 2. The first-order valence-corrected chi connectivity index (χ1v) is 11.3. The van der Waals surface area contributed by atoms with Crippen LogP contribution in [0.5, 0.6) is 23.0 Å². The monoisotopic (exact) mass is 491 g/mol. The molecule has 0 spiro atoms. The Balaban J connectivity index is 1.41. The van der Waals surface area contributed by atoms with Gasteiger partial charge in [-0.05, 0) is 60.9 Å². The van der Waals surface area contributed by atoms with E-state index in [-0.39, 0.29) is 5.69 Å². The first-order chi connectivity index (χ1) is 17.5. The van der Waals surface area contributed by atoms with Crippen molar-refractivity contribution in [3.05, 3.63) is 78.0 Å². The molecule has 0 saturated carbocycles. The summed E-state index contributed by atoms with van der Waals surface area (Å²) >= 11 is 0. The van der Waals surface area contributed by atoms with Crippen LogP contribution in [-0.4, -0.2) is 31.8 Å². The first kappa shape index (κ1) is 23.3. The smallest absolute Gasteiger partial charge is 0.326 e. The van der Waals surface area contributed by atoms with Crippen molar-refractivity contribution in [3.8, 4) is 23.0 Å². The highest BCUT2D eigenvalue weighted by atomic mass is 19.1. The number of carbonyl (C=O) groups is 1. The van der Waals surface area contributed by atoms with Gasteiger partial charge in [-0.15, -0.1) is 0 Å². The van der Waals surface area contributed by atoms with Gasteiger partial charge in [0.05, 0.1) is 25.4 Å². The Bertz CT molecular complexity index is 1460. The van der Waals surface area contributed by atoms with Gasteiger partial charge in [0, 0.05) is 35.9 Å². The van der Waals surface area contributed by atoms with Gasteiger partial charge in [-0.1, -0.05) is 0 Å². The highest BCUT2D eigenvalue weighted by Gasteiger charge is 2.24. The predicted octanol–water partition coefficient (Wildman–Crippen LogP) is 6.31. The van der Waals surface area contributed by atoms with E-state index >= 15 is 0 Å². The van der Waals surface area contributed by atoms with Gasteiger partial charge in [-0.2, -0.15) is 0 Å². The molecule has 0 aliphatic carbocycles. The maximum atomic E-state index is 14.0. The van der Waals surface area contributed by atoms with Crippen LogP contribution in [0.4, 0.5) is 25.0 Å². The van der Waals surface area contributed by atoms with Crippen molar-refractivity contribution in [1.82, 2.24) is 4.98 Å². The lowest BCUT2D eigenvalue weighted by Crippen LogP contribution is -2.38. The molecule has 1 aliphatic rings. The standard InChI is InChI=1S/C27H23F2N3O4/c1-34-25-14-19-22(15-26(25)35-2)30-10-9-24(19)36-18-6-8-23-16(12-18)4-3-11-32(23)27(33)31-21-7-5-17(28)13-20(21)29/h5-10,12-15H,3-4,11H2,1-2H3,(H,31,33). The molecule has 0 fully saturated rings. The number of urea groups is 1. The summed E-state index contributed by atoms with van der Waals surface area (Å²) in [6.07, 6.45) is 3.14. The molecule has 2 heterocycles. The molecule has 7 nitrogen and oxygen atoms in total. The molecule has 2 amide bonds. The molecule has 4 aromatic rings. The molecule has 5 rings (SSSR count). The molecule has 9 heteroatoms. The van der Waals surface area contributed by atoms with Crippen LogP contribution in [0.1, 0.15) is 12.0 Å². The molecule has 1 aliphatic heterocycles. The zero-order valence-corrected chi connectivity index (χ0v) is 19.7. The lowest BCUT2D eigenvalue weighted by molar-refractivity contribution is 0.256. The number of aryl methyl sites for hydroxylation is 1. The SMILES string of the molecule is COc1cc2nccc(Oc3ccc4c(c3)CCCN4C(=O)Nc3ccc(F)cc3F)c2cc1OC. The van der Waals surface area contributed by atoms with Gasteiger partial charge in [-0.25, -0.2) is 13.6 Å². The molecule has 0 bridgehead atoms. The van der Waals surface area contributed by atoms with Crippen molar-refractivity contribution in [2.24, 2.45) is 0 Å². The number of hydrogen-bond donors (Lipinski definition) is 1. The molecule has 184 valence electrons. The lowest BCUT2D eigenvalue weighted by atomic mass is 10.0. The third-order valence-electron chi connectivity index (χ3n) is 6.02. The third-order valence-corrected chi connectivity index (χ3v) is 6.02. The van der Waals surface area contributed by atoms with Gasteiger partial charge in [0.15, 0.2) is 11.5 Å². The van der Waals surface area contributed by atoms with Crippen LogP contribution < -0.4 is 24.4 Å². The average molecular weight is 491 g/mol. The Morgan fingerprint density at radius 1 is 0.972 bits per heavy atom. The number of aromatic nitrogens is 1. The van der Waals surface area contributed by atoms with Crippen LogP contribution in [-0.2, 0) is 6.42 Å². The Labute approximate surface area is 206 Å². The number of nitrogens with zero attached hydrogens (tertiary/aromatic N) is 2. The van der Waals surface area contributed by atoms with Gasteiger partial charge in [0.1, 0.15) is 23.1 Å². The van der Waals surface area contributed by atoms with E-state index in [2.05, 4.69) is 10.3 Å². The van der Waals surface area contributed by atoms with Gasteiger partial charge in [0.2, 0.25) is 0 Å². The molecular formula is C27H23F2N3O4. The fraction of sp³-hybridized carbons (Fsp3) is 0.185. The van der Waals surface area contributed by atoms with E-state index in [1.54, 1.807) is 49.6 Å². The number of amides is 2. The highest BCUT2D eigenvalue weighted by molar-refractivity contribution is 6.02. The minimum absolute atomic E-state index is 0.0786. The number of methoxy groups -OCH3 is 2. The summed E-state index contributed by atoms with van der Waals surface area (Å²) in [5, 5.41) is 3.29. The molecule has 0 unspecified atom stereocenters. The molecule has 0 atom stereocenters. The van der Waals surface area contributed by atoms with Crippen molar-refractivity contribution in [1.29, 1.82) is 0 Å². The molecule has 36 heavy (non-hydrogen) atoms. The van der Waals surface area contributed by atoms with Gasteiger partial charge >= 0.3 is 6.03 Å². The second-order valence-corrected chi connectivity index (χ2v) is 8.24. The summed E-state index contributed by atoms with van der Waals surface area (Å²) in [7, 11) is 3.13. The highest BCUT2D eigenvalue weighted by Crippen LogP contribution is 2.38. The lowest BCUT2D eigenvalue weighted by Gasteiger charge is -2.30. The molecule has 1 aromatic heterocycles. The minimum Gasteiger partial charge on any atom is -0.493 e. The molecule has 1 N–H and O–H groups in total. The minimum atomic E-state index is -0.830. The number of pyridine rings is 1. The number of carbonyl (C=O) groups excluding carboxylic acids is 1. The number of rotatable bonds is 5. The van der Waals surface area contributed by atoms with Crippen LogP contribution in [0.25, 0.3) is 10.9 Å². The predicted molar refractivity (Wildman–Crippen MR) is 132 cm³/mol. The van der Waals surface area contributed by atoms with Crippen molar-refractivity contribution in [3.63, 3.8) is 0 Å². The fourth-order valence-electron chi connectivity index (χ4n) is 4.28. The summed E-state index contributed by atoms with van der Waals surface area (Å²) in [4.78, 5) is 18.8. The molecule has 3 aromatic carbocycles. The number of ether oxygens (including phenoxy) is 3. The maximum Gasteiger partial charge on any atom is 0.326 e. The quantitative estimate of drug-likeness (QED) is 0.354. The van der Waals surface area contributed by atoms with Crippen molar-refractivity contribution >= 4 is 28.3 Å². The van der Waals surface area contributed by atoms with E-state index < -0.39 is 17.7 Å². The van der Waals surface area contributed by atoms with Crippen LogP contribution >= 0.6 is 0 Å². The molecule has 0 radical (unpaired) electrons. The number of nitrogens with one attached hydrogen (secondary N) is 1. The summed E-state index contributed by atoms with van der Waals surface area (Å²) in [5.41, 5.74) is 2.25. The largest absolute Gasteiger partial charge is 0.493 e. The summed E-state index contributed by atoms with van der Waals surface area (Å²) in [6, 6.07) is 13.4. The summed E-state index contributed by atoms with van der Waals surface area (Å²) < 4.78 is 44.2. The van der Waals surface area contributed by atoms with Crippen LogP contribution in [0.2, 0.25) is 0 Å². The van der Waals surface area contributed by atoms with Gasteiger partial charge in [-0.3, -0.25) is 9.88 Å². The van der Waals surface area contributed by atoms with Crippen LogP contribution in [0.15, 0.2) is 60.8 Å². The Kier molecular flexibility index (Phi) is 6.28. The second-order valence-electron chi connectivity index (χ2n) is 8.24. The van der Waals surface area contributed by atoms with E-state index in [9.17, 15) is 13.6 Å².